The maximum absolute atomic E-state index is 8.42. The average Bonchev–Trinajstić information content (AvgIpc) is 2.14. The summed E-state index contributed by atoms with van der Waals surface area (Å²) in [6.07, 6.45) is 0. The lowest BCUT2D eigenvalue weighted by atomic mass is 10.1. The number of rotatable bonds is 3. The third-order valence-electron chi connectivity index (χ3n) is 1.95. The molecule has 0 fully saturated rings. The van der Waals surface area contributed by atoms with Crippen LogP contribution in [0.25, 0.3) is 0 Å². The Morgan fingerprint density at radius 2 is 2.29 bits per heavy atom. The fourth-order valence-corrected chi connectivity index (χ4v) is 1.25. The Hall–Kier alpha value is -1.53. The molecule has 2 N–H and O–H groups in total. The third kappa shape index (κ3) is 2.48. The van der Waals surface area contributed by atoms with Crippen LogP contribution < -0.4 is 10.5 Å². The summed E-state index contributed by atoms with van der Waals surface area (Å²) in [6, 6.07) is 7.68. The summed E-state index contributed by atoms with van der Waals surface area (Å²) in [6.45, 7) is 3.93. The first-order valence-electron chi connectivity index (χ1n) is 4.51. The smallest absolute Gasteiger partial charge is 0.174 e. The Morgan fingerprint density at radius 3 is 2.86 bits per heavy atom. The van der Waals surface area contributed by atoms with Gasteiger partial charge in [0.15, 0.2) is 6.61 Å². The second kappa shape index (κ2) is 4.64. The number of aryl methyl sites for hydroxylation is 1. The Kier molecular flexibility index (Phi) is 3.49. The molecular weight excluding hydrogens is 176 g/mol. The highest BCUT2D eigenvalue weighted by molar-refractivity contribution is 5.39. The molecule has 3 nitrogen and oxygen atoms in total. The number of benzene rings is 1. The lowest BCUT2D eigenvalue weighted by Gasteiger charge is -2.12. The van der Waals surface area contributed by atoms with E-state index in [2.05, 4.69) is 0 Å². The molecular formula is C11H14N2O. The van der Waals surface area contributed by atoms with E-state index in [9.17, 15) is 0 Å². The average molecular weight is 190 g/mol. The fraction of sp³-hybridized carbons (Fsp3) is 0.364. The van der Waals surface area contributed by atoms with E-state index in [0.29, 0.717) is 5.75 Å². The largest absolute Gasteiger partial charge is 0.478 e. The monoisotopic (exact) mass is 190 g/mol. The highest BCUT2D eigenvalue weighted by Gasteiger charge is 2.07. The molecule has 0 unspecified atom stereocenters. The zero-order chi connectivity index (χ0) is 10.6. The van der Waals surface area contributed by atoms with E-state index < -0.39 is 0 Å². The highest BCUT2D eigenvalue weighted by atomic mass is 16.5. The van der Waals surface area contributed by atoms with E-state index in [1.807, 2.05) is 38.1 Å². The predicted molar refractivity (Wildman–Crippen MR) is 54.9 cm³/mol. The van der Waals surface area contributed by atoms with Crippen LogP contribution in [0.1, 0.15) is 24.1 Å². The summed E-state index contributed by atoms with van der Waals surface area (Å²) in [7, 11) is 0. The Morgan fingerprint density at radius 1 is 1.57 bits per heavy atom. The molecule has 74 valence electrons. The summed E-state index contributed by atoms with van der Waals surface area (Å²) < 4.78 is 5.29. The molecule has 0 aliphatic heterocycles. The van der Waals surface area contributed by atoms with Crippen molar-refractivity contribution in [3.63, 3.8) is 0 Å². The van der Waals surface area contributed by atoms with Crippen LogP contribution >= 0.6 is 0 Å². The predicted octanol–water partition coefficient (Wildman–Crippen LogP) is 1.92. The van der Waals surface area contributed by atoms with Gasteiger partial charge in [0.1, 0.15) is 11.8 Å². The molecule has 1 rings (SSSR count). The van der Waals surface area contributed by atoms with Crippen LogP contribution in [0, 0.1) is 18.3 Å². The summed E-state index contributed by atoms with van der Waals surface area (Å²) >= 11 is 0. The maximum atomic E-state index is 8.42. The maximum Gasteiger partial charge on any atom is 0.174 e. The summed E-state index contributed by atoms with van der Waals surface area (Å²) in [5.74, 6) is 0.710. The number of hydrogen-bond acceptors (Lipinski definition) is 3. The Bertz CT molecular complexity index is 353. The first kappa shape index (κ1) is 10.6. The van der Waals surface area contributed by atoms with Crippen LogP contribution in [-0.4, -0.2) is 6.61 Å². The summed E-state index contributed by atoms with van der Waals surface area (Å²) in [5.41, 5.74) is 7.81. The molecule has 0 aliphatic rings. The van der Waals surface area contributed by atoms with Crippen molar-refractivity contribution in [3.05, 3.63) is 29.3 Å². The minimum absolute atomic E-state index is 0.0587. The van der Waals surface area contributed by atoms with Crippen LogP contribution in [0.2, 0.25) is 0 Å². The number of hydrogen-bond donors (Lipinski definition) is 1. The third-order valence-corrected chi connectivity index (χ3v) is 1.95. The standard InChI is InChI=1S/C11H14N2O/c1-8-3-4-10(9(2)13)11(7-8)14-6-5-12/h3-4,7,9H,6,13H2,1-2H3/t9-/m0/s1. The van der Waals surface area contributed by atoms with Crippen molar-refractivity contribution in [2.45, 2.75) is 19.9 Å². The van der Waals surface area contributed by atoms with Gasteiger partial charge in [0.25, 0.3) is 0 Å². The van der Waals surface area contributed by atoms with Gasteiger partial charge in [-0.3, -0.25) is 0 Å². The number of ether oxygens (including phenoxy) is 1. The van der Waals surface area contributed by atoms with Crippen molar-refractivity contribution in [1.82, 2.24) is 0 Å². The Balaban J connectivity index is 2.98. The van der Waals surface area contributed by atoms with Gasteiger partial charge in [0, 0.05) is 11.6 Å². The van der Waals surface area contributed by atoms with Gasteiger partial charge in [-0.2, -0.15) is 5.26 Å². The van der Waals surface area contributed by atoms with Gasteiger partial charge < -0.3 is 10.5 Å². The highest BCUT2D eigenvalue weighted by Crippen LogP contribution is 2.24. The van der Waals surface area contributed by atoms with Gasteiger partial charge in [-0.05, 0) is 25.5 Å². The van der Waals surface area contributed by atoms with Crippen LogP contribution in [0.5, 0.6) is 5.75 Å². The summed E-state index contributed by atoms with van der Waals surface area (Å²) in [4.78, 5) is 0. The SMILES string of the molecule is Cc1ccc([C@H](C)N)c(OCC#N)c1. The molecule has 0 aliphatic carbocycles. The molecule has 0 saturated carbocycles. The molecule has 3 heteroatoms. The molecule has 0 radical (unpaired) electrons. The van der Waals surface area contributed by atoms with Gasteiger partial charge in [0.2, 0.25) is 0 Å². The van der Waals surface area contributed by atoms with Gasteiger partial charge in [0.05, 0.1) is 0 Å². The van der Waals surface area contributed by atoms with Crippen LogP contribution in [0.4, 0.5) is 0 Å². The number of nitrogens with zero attached hydrogens (tertiary/aromatic N) is 1. The van der Waals surface area contributed by atoms with Crippen LogP contribution in [0.3, 0.4) is 0 Å². The summed E-state index contributed by atoms with van der Waals surface area (Å²) in [5, 5.41) is 8.42. The number of nitriles is 1. The van der Waals surface area contributed by atoms with Crippen LogP contribution in [0.15, 0.2) is 18.2 Å². The van der Waals surface area contributed by atoms with Crippen molar-refractivity contribution in [2.75, 3.05) is 6.61 Å². The zero-order valence-corrected chi connectivity index (χ0v) is 8.45. The molecule has 1 aromatic rings. The normalized spacial score (nSPS) is 11.9. The van der Waals surface area contributed by atoms with Crippen molar-refractivity contribution < 1.29 is 4.74 Å². The zero-order valence-electron chi connectivity index (χ0n) is 8.45. The van der Waals surface area contributed by atoms with E-state index in [4.69, 9.17) is 15.7 Å². The molecule has 0 heterocycles. The minimum atomic E-state index is -0.0794. The lowest BCUT2D eigenvalue weighted by molar-refractivity contribution is 0.361. The van der Waals surface area contributed by atoms with E-state index in [0.717, 1.165) is 11.1 Å². The van der Waals surface area contributed by atoms with Gasteiger partial charge in [-0.1, -0.05) is 12.1 Å². The van der Waals surface area contributed by atoms with E-state index >= 15 is 0 Å². The molecule has 1 atom stereocenters. The molecule has 0 aromatic heterocycles. The minimum Gasteiger partial charge on any atom is -0.478 e. The van der Waals surface area contributed by atoms with Crippen molar-refractivity contribution in [2.24, 2.45) is 5.73 Å². The Labute approximate surface area is 84.1 Å². The van der Waals surface area contributed by atoms with E-state index in [-0.39, 0.29) is 12.6 Å². The topological polar surface area (TPSA) is 59.0 Å². The molecule has 0 saturated heterocycles. The van der Waals surface area contributed by atoms with Gasteiger partial charge >= 0.3 is 0 Å². The fourth-order valence-electron chi connectivity index (χ4n) is 1.25. The van der Waals surface area contributed by atoms with E-state index in [1.54, 1.807) is 0 Å². The van der Waals surface area contributed by atoms with Crippen LogP contribution in [-0.2, 0) is 0 Å². The molecule has 0 amide bonds. The first-order valence-corrected chi connectivity index (χ1v) is 4.51. The molecule has 0 bridgehead atoms. The van der Waals surface area contributed by atoms with Crippen molar-refractivity contribution in [1.29, 1.82) is 5.26 Å². The van der Waals surface area contributed by atoms with Crippen molar-refractivity contribution >= 4 is 0 Å². The quantitative estimate of drug-likeness (QED) is 0.792. The molecule has 0 spiro atoms. The van der Waals surface area contributed by atoms with Gasteiger partial charge in [-0.15, -0.1) is 0 Å². The second-order valence-electron chi connectivity index (χ2n) is 3.28. The second-order valence-corrected chi connectivity index (χ2v) is 3.28. The van der Waals surface area contributed by atoms with Gasteiger partial charge in [-0.25, -0.2) is 0 Å². The first-order chi connectivity index (χ1) is 6.65. The molecule has 1 aromatic carbocycles. The molecule has 14 heavy (non-hydrogen) atoms. The number of nitrogens with two attached hydrogens (primary N) is 1. The van der Waals surface area contributed by atoms with Crippen molar-refractivity contribution in [3.8, 4) is 11.8 Å². The lowest BCUT2D eigenvalue weighted by Crippen LogP contribution is -2.08. The van der Waals surface area contributed by atoms with E-state index in [1.165, 1.54) is 0 Å².